The lowest BCUT2D eigenvalue weighted by Gasteiger charge is -2.06. The van der Waals surface area contributed by atoms with E-state index in [0.29, 0.717) is 33.6 Å². The summed E-state index contributed by atoms with van der Waals surface area (Å²) in [5, 5.41) is 0. The molecule has 0 saturated heterocycles. The Balaban J connectivity index is 2.32. The van der Waals surface area contributed by atoms with Crippen molar-refractivity contribution in [2.24, 2.45) is 0 Å². The molecule has 0 unspecified atom stereocenters. The third-order valence-electron chi connectivity index (χ3n) is 2.55. The molecule has 0 atom stereocenters. The molecule has 0 aliphatic heterocycles. The van der Waals surface area contributed by atoms with E-state index in [1.807, 2.05) is 6.92 Å². The van der Waals surface area contributed by atoms with E-state index in [1.165, 1.54) is 6.20 Å². The third kappa shape index (κ3) is 3.12. The first-order chi connectivity index (χ1) is 9.11. The van der Waals surface area contributed by atoms with Crippen molar-refractivity contribution in [3.63, 3.8) is 0 Å². The summed E-state index contributed by atoms with van der Waals surface area (Å²) in [7, 11) is 0. The second-order valence-corrected chi connectivity index (χ2v) is 4.76. The zero-order chi connectivity index (χ0) is 13.8. The molecule has 0 aliphatic rings. The van der Waals surface area contributed by atoms with E-state index in [-0.39, 0.29) is 5.78 Å². The lowest BCUT2D eigenvalue weighted by Crippen LogP contribution is -2.03. The van der Waals surface area contributed by atoms with Crippen molar-refractivity contribution in [2.75, 3.05) is 12.3 Å². The lowest BCUT2D eigenvalue weighted by atomic mass is 10.0. The van der Waals surface area contributed by atoms with Gasteiger partial charge in [-0.3, -0.25) is 9.78 Å². The molecule has 19 heavy (non-hydrogen) atoms. The van der Waals surface area contributed by atoms with Crippen molar-refractivity contribution in [3.8, 4) is 5.75 Å². The van der Waals surface area contributed by atoms with Gasteiger partial charge in [0.1, 0.15) is 5.75 Å². The number of ketones is 1. The molecule has 1 aromatic heterocycles. The Morgan fingerprint density at radius 3 is 2.79 bits per heavy atom. The number of nitrogens with zero attached hydrogens (tertiary/aromatic N) is 1. The van der Waals surface area contributed by atoms with Gasteiger partial charge in [-0.2, -0.15) is 0 Å². The molecule has 0 saturated carbocycles. The van der Waals surface area contributed by atoms with E-state index in [1.54, 1.807) is 30.5 Å². The molecular formula is C14H13BrN2O2. The highest BCUT2D eigenvalue weighted by atomic mass is 79.9. The van der Waals surface area contributed by atoms with Crippen LogP contribution in [0, 0.1) is 0 Å². The van der Waals surface area contributed by atoms with Gasteiger partial charge < -0.3 is 10.5 Å². The molecule has 0 bridgehead atoms. The number of hydrogen-bond acceptors (Lipinski definition) is 4. The fraction of sp³-hybridized carbons (Fsp3) is 0.143. The average Bonchev–Trinajstić information content (AvgIpc) is 2.42. The van der Waals surface area contributed by atoms with Crippen molar-refractivity contribution >= 4 is 27.4 Å². The summed E-state index contributed by atoms with van der Waals surface area (Å²) >= 11 is 3.31. The normalized spacial score (nSPS) is 10.2. The summed E-state index contributed by atoms with van der Waals surface area (Å²) in [4.78, 5) is 16.3. The number of nitrogens with two attached hydrogens (primary N) is 1. The third-order valence-corrected chi connectivity index (χ3v) is 3.24. The van der Waals surface area contributed by atoms with E-state index in [4.69, 9.17) is 10.5 Å². The molecule has 2 rings (SSSR count). The summed E-state index contributed by atoms with van der Waals surface area (Å²) in [6.45, 7) is 2.42. The Kier molecular flexibility index (Phi) is 4.16. The molecule has 98 valence electrons. The molecule has 0 spiro atoms. The SMILES string of the molecule is CCOc1cncc(C(=O)c2ccc(N)c(Br)c2)c1. The number of carbonyl (C=O) groups is 1. The van der Waals surface area contributed by atoms with Gasteiger partial charge >= 0.3 is 0 Å². The van der Waals surface area contributed by atoms with Crippen molar-refractivity contribution < 1.29 is 9.53 Å². The number of rotatable bonds is 4. The van der Waals surface area contributed by atoms with Gasteiger partial charge in [0.25, 0.3) is 0 Å². The van der Waals surface area contributed by atoms with Crippen LogP contribution in [0.3, 0.4) is 0 Å². The van der Waals surface area contributed by atoms with Gasteiger partial charge in [0.05, 0.1) is 12.8 Å². The van der Waals surface area contributed by atoms with Gasteiger partial charge in [-0.15, -0.1) is 0 Å². The van der Waals surface area contributed by atoms with Crippen molar-refractivity contribution in [2.45, 2.75) is 6.92 Å². The predicted octanol–water partition coefficient (Wildman–Crippen LogP) is 3.06. The second kappa shape index (κ2) is 5.84. The van der Waals surface area contributed by atoms with Gasteiger partial charge in [0.2, 0.25) is 0 Å². The fourth-order valence-electron chi connectivity index (χ4n) is 1.62. The Bertz CT molecular complexity index is 614. The molecule has 2 N–H and O–H groups in total. The van der Waals surface area contributed by atoms with Gasteiger partial charge in [-0.25, -0.2) is 0 Å². The highest BCUT2D eigenvalue weighted by Gasteiger charge is 2.11. The Labute approximate surface area is 119 Å². The maximum absolute atomic E-state index is 12.3. The van der Waals surface area contributed by atoms with Crippen LogP contribution in [-0.2, 0) is 0 Å². The quantitative estimate of drug-likeness (QED) is 0.694. The van der Waals surface area contributed by atoms with Gasteiger partial charge in [-0.05, 0) is 47.1 Å². The smallest absolute Gasteiger partial charge is 0.194 e. The molecule has 0 amide bonds. The zero-order valence-corrected chi connectivity index (χ0v) is 12.0. The van der Waals surface area contributed by atoms with E-state index >= 15 is 0 Å². The van der Waals surface area contributed by atoms with Crippen molar-refractivity contribution in [1.29, 1.82) is 0 Å². The number of hydrogen-bond donors (Lipinski definition) is 1. The fourth-order valence-corrected chi connectivity index (χ4v) is 2.00. The van der Waals surface area contributed by atoms with E-state index in [9.17, 15) is 4.79 Å². The number of benzene rings is 1. The first-order valence-electron chi connectivity index (χ1n) is 5.79. The van der Waals surface area contributed by atoms with Gasteiger partial charge in [-0.1, -0.05) is 0 Å². The maximum atomic E-state index is 12.3. The lowest BCUT2D eigenvalue weighted by molar-refractivity contribution is 0.103. The number of nitrogen functional groups attached to an aromatic ring is 1. The maximum Gasteiger partial charge on any atom is 0.194 e. The molecule has 0 fully saturated rings. The van der Waals surface area contributed by atoms with Gasteiger partial charge in [0, 0.05) is 27.5 Å². The molecular weight excluding hydrogens is 308 g/mol. The summed E-state index contributed by atoms with van der Waals surface area (Å²) in [6.07, 6.45) is 3.11. The number of anilines is 1. The van der Waals surface area contributed by atoms with Crippen LogP contribution in [0.25, 0.3) is 0 Å². The van der Waals surface area contributed by atoms with Crippen LogP contribution in [0.1, 0.15) is 22.8 Å². The van der Waals surface area contributed by atoms with Crippen LogP contribution in [0.5, 0.6) is 5.75 Å². The molecule has 5 heteroatoms. The van der Waals surface area contributed by atoms with Gasteiger partial charge in [0.15, 0.2) is 5.78 Å². The monoisotopic (exact) mass is 320 g/mol. The van der Waals surface area contributed by atoms with Crippen molar-refractivity contribution in [1.82, 2.24) is 4.98 Å². The minimum atomic E-state index is -0.116. The first kappa shape index (κ1) is 13.5. The highest BCUT2D eigenvalue weighted by molar-refractivity contribution is 9.10. The summed E-state index contributed by atoms with van der Waals surface area (Å²) in [5.74, 6) is 0.470. The largest absolute Gasteiger partial charge is 0.492 e. The second-order valence-electron chi connectivity index (χ2n) is 3.91. The minimum Gasteiger partial charge on any atom is -0.492 e. The molecule has 0 radical (unpaired) electrons. The Hall–Kier alpha value is -1.88. The van der Waals surface area contributed by atoms with E-state index < -0.39 is 0 Å². The van der Waals surface area contributed by atoms with Crippen LogP contribution in [-0.4, -0.2) is 17.4 Å². The Morgan fingerprint density at radius 1 is 1.32 bits per heavy atom. The molecule has 1 aromatic carbocycles. The van der Waals surface area contributed by atoms with Crippen LogP contribution < -0.4 is 10.5 Å². The standard InChI is InChI=1S/C14H13BrN2O2/c1-2-19-11-5-10(7-17-8-11)14(18)9-3-4-13(16)12(15)6-9/h3-8H,2,16H2,1H3. The first-order valence-corrected chi connectivity index (χ1v) is 6.58. The van der Waals surface area contributed by atoms with Crippen LogP contribution >= 0.6 is 15.9 Å². The van der Waals surface area contributed by atoms with E-state index in [0.717, 1.165) is 0 Å². The zero-order valence-electron chi connectivity index (χ0n) is 10.4. The molecule has 2 aromatic rings. The predicted molar refractivity (Wildman–Crippen MR) is 77.4 cm³/mol. The minimum absolute atomic E-state index is 0.116. The number of aromatic nitrogens is 1. The van der Waals surface area contributed by atoms with Crippen LogP contribution in [0.4, 0.5) is 5.69 Å². The summed E-state index contributed by atoms with van der Waals surface area (Å²) in [5.41, 5.74) is 7.34. The van der Waals surface area contributed by atoms with Crippen molar-refractivity contribution in [3.05, 3.63) is 52.3 Å². The topological polar surface area (TPSA) is 65.2 Å². The number of halogens is 1. The number of carbonyl (C=O) groups excluding carboxylic acids is 1. The average molecular weight is 321 g/mol. The summed E-state index contributed by atoms with van der Waals surface area (Å²) in [6, 6.07) is 6.76. The Morgan fingerprint density at radius 2 is 2.11 bits per heavy atom. The van der Waals surface area contributed by atoms with E-state index in [2.05, 4.69) is 20.9 Å². The molecule has 4 nitrogen and oxygen atoms in total. The van der Waals surface area contributed by atoms with Crippen LogP contribution in [0.15, 0.2) is 41.1 Å². The number of ether oxygens (including phenoxy) is 1. The summed E-state index contributed by atoms with van der Waals surface area (Å²) < 4.78 is 6.03. The highest BCUT2D eigenvalue weighted by Crippen LogP contribution is 2.22. The molecule has 1 heterocycles. The number of pyridine rings is 1. The van der Waals surface area contributed by atoms with Crippen LogP contribution in [0.2, 0.25) is 0 Å². The molecule has 0 aliphatic carbocycles.